The molecule has 0 heterocycles. The van der Waals surface area contributed by atoms with Crippen LogP contribution >= 0.6 is 23.2 Å². The van der Waals surface area contributed by atoms with E-state index in [9.17, 15) is 9.59 Å². The van der Waals surface area contributed by atoms with Gasteiger partial charge in [-0.25, -0.2) is 4.79 Å². The minimum atomic E-state index is -0.593. The van der Waals surface area contributed by atoms with Gasteiger partial charge in [0.15, 0.2) is 6.61 Å². The summed E-state index contributed by atoms with van der Waals surface area (Å²) in [5, 5.41) is 3.60. The van der Waals surface area contributed by atoms with Crippen LogP contribution in [-0.2, 0) is 14.3 Å². The van der Waals surface area contributed by atoms with Crippen LogP contribution in [0.5, 0.6) is 0 Å². The Morgan fingerprint density at radius 2 is 2.05 bits per heavy atom. The Morgan fingerprint density at radius 1 is 1.32 bits per heavy atom. The molecular weight excluding hydrogens is 325 g/mol. The van der Waals surface area contributed by atoms with E-state index >= 15 is 0 Å². The molecule has 1 N–H and O–H groups in total. The lowest BCUT2D eigenvalue weighted by Gasteiger charge is -2.12. The van der Waals surface area contributed by atoms with Crippen molar-refractivity contribution in [2.45, 2.75) is 32.7 Å². The van der Waals surface area contributed by atoms with Crippen LogP contribution in [0.15, 0.2) is 24.3 Å². The van der Waals surface area contributed by atoms with Gasteiger partial charge in [-0.1, -0.05) is 42.6 Å². The molecule has 4 nitrogen and oxygen atoms in total. The monoisotopic (exact) mass is 343 g/mol. The fraction of sp³-hybridized carbons (Fsp3) is 0.375. The number of carbonyl (C=O) groups is 2. The lowest BCUT2D eigenvalue weighted by molar-refractivity contribution is -0.144. The SMILES string of the molecule is CCC[C@@H](C)NC(=O)COC(=O)/C=C/c1ccc(Cl)c(Cl)c1. The third-order valence-corrected chi connectivity index (χ3v) is 3.57. The fourth-order valence-corrected chi connectivity index (χ4v) is 2.09. The van der Waals surface area contributed by atoms with E-state index in [4.69, 9.17) is 27.9 Å². The zero-order chi connectivity index (χ0) is 16.5. The molecule has 0 radical (unpaired) electrons. The molecule has 0 saturated heterocycles. The van der Waals surface area contributed by atoms with Gasteiger partial charge in [0.1, 0.15) is 0 Å². The number of hydrogen-bond acceptors (Lipinski definition) is 3. The van der Waals surface area contributed by atoms with E-state index in [1.165, 1.54) is 6.08 Å². The summed E-state index contributed by atoms with van der Waals surface area (Å²) >= 11 is 11.7. The van der Waals surface area contributed by atoms with Gasteiger partial charge in [-0.15, -0.1) is 0 Å². The predicted molar refractivity (Wildman–Crippen MR) is 89.0 cm³/mol. The Labute approximate surface area is 140 Å². The number of halogens is 2. The van der Waals surface area contributed by atoms with Crippen LogP contribution in [0, 0.1) is 0 Å². The van der Waals surface area contributed by atoms with Crippen molar-refractivity contribution in [1.29, 1.82) is 0 Å². The first-order valence-electron chi connectivity index (χ1n) is 7.01. The summed E-state index contributed by atoms with van der Waals surface area (Å²) < 4.78 is 4.86. The fourth-order valence-electron chi connectivity index (χ4n) is 1.79. The Kier molecular flexibility index (Phi) is 7.99. The minimum absolute atomic E-state index is 0.0722. The summed E-state index contributed by atoms with van der Waals surface area (Å²) in [4.78, 5) is 23.1. The maximum Gasteiger partial charge on any atom is 0.331 e. The molecule has 0 saturated carbocycles. The summed E-state index contributed by atoms with van der Waals surface area (Å²) in [5.41, 5.74) is 0.715. The zero-order valence-corrected chi connectivity index (χ0v) is 14.1. The number of amides is 1. The summed E-state index contributed by atoms with van der Waals surface area (Å²) in [6.07, 6.45) is 4.65. The second kappa shape index (κ2) is 9.49. The number of esters is 1. The molecule has 120 valence electrons. The highest BCUT2D eigenvalue weighted by atomic mass is 35.5. The summed E-state index contributed by atoms with van der Waals surface area (Å²) in [5.74, 6) is -0.901. The molecule has 0 aliphatic carbocycles. The van der Waals surface area contributed by atoms with Crippen molar-refractivity contribution in [2.75, 3.05) is 6.61 Å². The second-order valence-electron chi connectivity index (χ2n) is 4.87. The van der Waals surface area contributed by atoms with Gasteiger partial charge in [-0.05, 0) is 37.1 Å². The number of rotatable bonds is 7. The van der Waals surface area contributed by atoms with Gasteiger partial charge in [0.2, 0.25) is 0 Å². The highest BCUT2D eigenvalue weighted by Gasteiger charge is 2.08. The first-order chi connectivity index (χ1) is 10.4. The average Bonchev–Trinajstić information content (AvgIpc) is 2.46. The number of nitrogens with one attached hydrogen (secondary N) is 1. The number of benzene rings is 1. The topological polar surface area (TPSA) is 55.4 Å². The van der Waals surface area contributed by atoms with Crippen molar-refractivity contribution in [1.82, 2.24) is 5.32 Å². The smallest absolute Gasteiger partial charge is 0.331 e. The second-order valence-corrected chi connectivity index (χ2v) is 5.69. The lowest BCUT2D eigenvalue weighted by atomic mass is 10.2. The molecule has 0 unspecified atom stereocenters. The van der Waals surface area contributed by atoms with Crippen LogP contribution < -0.4 is 5.32 Å². The molecule has 1 atom stereocenters. The van der Waals surface area contributed by atoms with Crippen LogP contribution in [0.3, 0.4) is 0 Å². The molecule has 0 aliphatic heterocycles. The molecule has 6 heteroatoms. The number of ether oxygens (including phenoxy) is 1. The van der Waals surface area contributed by atoms with Gasteiger partial charge >= 0.3 is 5.97 Å². The largest absolute Gasteiger partial charge is 0.452 e. The summed E-state index contributed by atoms with van der Waals surface area (Å²) in [7, 11) is 0. The molecule has 0 aliphatic rings. The lowest BCUT2D eigenvalue weighted by Crippen LogP contribution is -2.35. The molecule has 1 rings (SSSR count). The molecule has 0 aromatic heterocycles. The van der Waals surface area contributed by atoms with Gasteiger partial charge in [0.05, 0.1) is 10.0 Å². The normalized spacial score (nSPS) is 12.2. The summed E-state index contributed by atoms with van der Waals surface area (Å²) in [6, 6.07) is 5.06. The van der Waals surface area contributed by atoms with Crippen LogP contribution in [0.4, 0.5) is 0 Å². The Balaban J connectivity index is 2.41. The molecule has 1 amide bonds. The molecule has 1 aromatic rings. The van der Waals surface area contributed by atoms with E-state index in [1.54, 1.807) is 24.3 Å². The number of hydrogen-bond donors (Lipinski definition) is 1. The maximum absolute atomic E-state index is 11.5. The van der Waals surface area contributed by atoms with Crippen molar-refractivity contribution in [2.24, 2.45) is 0 Å². The van der Waals surface area contributed by atoms with Crippen LogP contribution in [0.1, 0.15) is 32.3 Å². The van der Waals surface area contributed by atoms with E-state index in [-0.39, 0.29) is 18.6 Å². The first-order valence-corrected chi connectivity index (χ1v) is 7.77. The quantitative estimate of drug-likeness (QED) is 0.604. The molecule has 22 heavy (non-hydrogen) atoms. The van der Waals surface area contributed by atoms with Crippen molar-refractivity contribution in [3.05, 3.63) is 39.9 Å². The standard InChI is InChI=1S/C16H19Cl2NO3/c1-3-4-11(2)19-15(20)10-22-16(21)8-6-12-5-7-13(17)14(18)9-12/h5-9,11H,3-4,10H2,1-2H3,(H,19,20)/b8-6+/t11-/m1/s1. The highest BCUT2D eigenvalue weighted by molar-refractivity contribution is 6.42. The third-order valence-electron chi connectivity index (χ3n) is 2.83. The average molecular weight is 344 g/mol. The van der Waals surface area contributed by atoms with Crippen molar-refractivity contribution in [3.8, 4) is 0 Å². The summed E-state index contributed by atoms with van der Waals surface area (Å²) in [6.45, 7) is 3.66. The molecule has 0 fully saturated rings. The van der Waals surface area contributed by atoms with E-state index < -0.39 is 5.97 Å². The van der Waals surface area contributed by atoms with E-state index in [0.717, 1.165) is 12.8 Å². The van der Waals surface area contributed by atoms with Gasteiger partial charge < -0.3 is 10.1 Å². The predicted octanol–water partition coefficient (Wildman–Crippen LogP) is 3.85. The minimum Gasteiger partial charge on any atom is -0.452 e. The van der Waals surface area contributed by atoms with Crippen LogP contribution in [0.2, 0.25) is 10.0 Å². The van der Waals surface area contributed by atoms with Gasteiger partial charge in [0, 0.05) is 12.1 Å². The van der Waals surface area contributed by atoms with Crippen molar-refractivity contribution < 1.29 is 14.3 Å². The number of carbonyl (C=O) groups excluding carboxylic acids is 2. The van der Waals surface area contributed by atoms with Gasteiger partial charge in [0.25, 0.3) is 5.91 Å². The Hall–Kier alpha value is -1.52. The van der Waals surface area contributed by atoms with Crippen molar-refractivity contribution in [3.63, 3.8) is 0 Å². The maximum atomic E-state index is 11.5. The zero-order valence-electron chi connectivity index (χ0n) is 12.6. The molecule has 1 aromatic carbocycles. The van der Waals surface area contributed by atoms with Gasteiger partial charge in [-0.2, -0.15) is 0 Å². The van der Waals surface area contributed by atoms with E-state index in [1.807, 2.05) is 13.8 Å². The van der Waals surface area contributed by atoms with Gasteiger partial charge in [-0.3, -0.25) is 4.79 Å². The first kappa shape index (κ1) is 18.5. The Bertz CT molecular complexity index is 558. The molecular formula is C16H19Cl2NO3. The van der Waals surface area contributed by atoms with Crippen molar-refractivity contribution >= 4 is 41.2 Å². The third kappa shape index (κ3) is 6.96. The highest BCUT2D eigenvalue weighted by Crippen LogP contribution is 2.23. The molecule has 0 spiro atoms. The van der Waals surface area contributed by atoms with Crippen LogP contribution in [0.25, 0.3) is 6.08 Å². The van der Waals surface area contributed by atoms with Crippen LogP contribution in [-0.4, -0.2) is 24.5 Å². The van der Waals surface area contributed by atoms with E-state index in [0.29, 0.717) is 15.6 Å². The van der Waals surface area contributed by atoms with E-state index in [2.05, 4.69) is 5.32 Å². The Morgan fingerprint density at radius 3 is 2.68 bits per heavy atom. The molecule has 0 bridgehead atoms.